The monoisotopic (exact) mass is 314 g/mol. The maximum absolute atomic E-state index is 13.1. The van der Waals surface area contributed by atoms with E-state index in [1.165, 1.54) is 12.1 Å². The first kappa shape index (κ1) is 15.5. The third-order valence-electron chi connectivity index (χ3n) is 3.91. The molecule has 0 bridgehead atoms. The minimum Gasteiger partial charge on any atom is -0.489 e. The minimum absolute atomic E-state index is 0.0936. The number of ether oxygens (including phenoxy) is 1. The Bertz CT molecular complexity index is 696. The number of halogens is 1. The molecule has 1 fully saturated rings. The summed E-state index contributed by atoms with van der Waals surface area (Å²) in [6, 6.07) is 13.8. The highest BCUT2D eigenvalue weighted by Gasteiger charge is 2.45. The van der Waals surface area contributed by atoms with Crippen LogP contribution in [-0.2, 0) is 17.9 Å². The Hall–Kier alpha value is -2.40. The van der Waals surface area contributed by atoms with E-state index in [1.807, 2.05) is 30.3 Å². The lowest BCUT2D eigenvalue weighted by molar-refractivity contribution is -0.123. The average Bonchev–Trinajstić information content (AvgIpc) is 3.31. The Morgan fingerprint density at radius 2 is 1.91 bits per heavy atom. The number of amides is 1. The normalized spacial score (nSPS) is 15.0. The largest absolute Gasteiger partial charge is 0.489 e. The average molecular weight is 314 g/mol. The van der Waals surface area contributed by atoms with Crippen LogP contribution in [0.3, 0.4) is 0 Å². The van der Waals surface area contributed by atoms with Gasteiger partial charge in [-0.15, -0.1) is 0 Å². The molecule has 0 spiro atoms. The van der Waals surface area contributed by atoms with Crippen LogP contribution < -0.4 is 15.8 Å². The van der Waals surface area contributed by atoms with Crippen molar-refractivity contribution in [1.29, 1.82) is 0 Å². The van der Waals surface area contributed by atoms with Crippen LogP contribution in [0.2, 0.25) is 0 Å². The summed E-state index contributed by atoms with van der Waals surface area (Å²) in [5.74, 6) is 0.330. The lowest BCUT2D eigenvalue weighted by Gasteiger charge is -2.11. The third kappa shape index (κ3) is 4.07. The maximum Gasteiger partial charge on any atom is 0.240 e. The molecule has 23 heavy (non-hydrogen) atoms. The summed E-state index contributed by atoms with van der Waals surface area (Å²) in [5, 5.41) is 2.84. The van der Waals surface area contributed by atoms with Gasteiger partial charge in [-0.05, 0) is 48.2 Å². The van der Waals surface area contributed by atoms with Gasteiger partial charge in [0.05, 0.1) is 5.54 Å². The fourth-order valence-electron chi connectivity index (χ4n) is 2.22. The van der Waals surface area contributed by atoms with Crippen molar-refractivity contribution in [3.63, 3.8) is 0 Å². The third-order valence-corrected chi connectivity index (χ3v) is 3.91. The van der Waals surface area contributed by atoms with Crippen molar-refractivity contribution < 1.29 is 13.9 Å². The van der Waals surface area contributed by atoms with Crippen LogP contribution in [0.4, 0.5) is 4.39 Å². The zero-order valence-electron chi connectivity index (χ0n) is 12.7. The Morgan fingerprint density at radius 3 is 2.57 bits per heavy atom. The summed E-state index contributed by atoms with van der Waals surface area (Å²) in [5.41, 5.74) is 6.93. The van der Waals surface area contributed by atoms with Crippen LogP contribution in [0.15, 0.2) is 48.5 Å². The summed E-state index contributed by atoms with van der Waals surface area (Å²) in [4.78, 5) is 11.8. The van der Waals surface area contributed by atoms with Crippen molar-refractivity contribution in [2.45, 2.75) is 31.5 Å². The van der Waals surface area contributed by atoms with Crippen molar-refractivity contribution in [3.05, 3.63) is 65.5 Å². The summed E-state index contributed by atoms with van der Waals surface area (Å²) in [7, 11) is 0. The topological polar surface area (TPSA) is 64.4 Å². The molecule has 2 aromatic carbocycles. The van der Waals surface area contributed by atoms with Gasteiger partial charge in [-0.3, -0.25) is 4.79 Å². The first-order chi connectivity index (χ1) is 11.0. The second kappa shape index (κ2) is 6.38. The lowest BCUT2D eigenvalue weighted by Crippen LogP contribution is -2.42. The first-order valence-corrected chi connectivity index (χ1v) is 7.59. The van der Waals surface area contributed by atoms with Gasteiger partial charge < -0.3 is 15.8 Å². The number of rotatable bonds is 6. The van der Waals surface area contributed by atoms with Gasteiger partial charge >= 0.3 is 0 Å². The molecule has 0 saturated heterocycles. The van der Waals surface area contributed by atoms with Gasteiger partial charge in [0.25, 0.3) is 0 Å². The number of hydrogen-bond donors (Lipinski definition) is 2. The predicted octanol–water partition coefficient (Wildman–Crippen LogP) is 2.51. The highest BCUT2D eigenvalue weighted by molar-refractivity contribution is 5.88. The Labute approximate surface area is 134 Å². The van der Waals surface area contributed by atoms with Gasteiger partial charge in [0.2, 0.25) is 5.91 Å². The summed E-state index contributed by atoms with van der Waals surface area (Å²) in [6.45, 7) is 0.755. The second-order valence-corrected chi connectivity index (χ2v) is 5.90. The summed E-state index contributed by atoms with van der Waals surface area (Å²) >= 11 is 0. The molecule has 0 radical (unpaired) electrons. The van der Waals surface area contributed by atoms with Gasteiger partial charge in [-0.25, -0.2) is 4.39 Å². The molecule has 4 nitrogen and oxygen atoms in total. The van der Waals surface area contributed by atoms with Gasteiger partial charge in [0.1, 0.15) is 18.2 Å². The molecule has 0 heterocycles. The van der Waals surface area contributed by atoms with E-state index in [1.54, 1.807) is 6.07 Å². The predicted molar refractivity (Wildman–Crippen MR) is 85.2 cm³/mol. The smallest absolute Gasteiger partial charge is 0.240 e. The number of hydrogen-bond acceptors (Lipinski definition) is 3. The molecule has 5 heteroatoms. The van der Waals surface area contributed by atoms with Crippen LogP contribution in [0.1, 0.15) is 24.0 Å². The van der Waals surface area contributed by atoms with Gasteiger partial charge in [0, 0.05) is 6.54 Å². The Balaban J connectivity index is 1.49. The van der Waals surface area contributed by atoms with E-state index < -0.39 is 5.54 Å². The van der Waals surface area contributed by atoms with E-state index in [-0.39, 0.29) is 11.7 Å². The standard InChI is InChI=1S/C18H19FN2O2/c19-15-3-1-2-14(10-15)12-23-16-6-4-13(5-7-16)11-21-17(22)18(20)8-9-18/h1-7,10H,8-9,11-12,20H2,(H,21,22). The van der Waals surface area contributed by atoms with Gasteiger partial charge in [0.15, 0.2) is 0 Å². The van der Waals surface area contributed by atoms with Crippen LogP contribution in [0.25, 0.3) is 0 Å². The van der Waals surface area contributed by atoms with Crippen molar-refractivity contribution in [2.24, 2.45) is 5.73 Å². The number of carbonyl (C=O) groups is 1. The Morgan fingerprint density at radius 1 is 1.17 bits per heavy atom. The molecule has 0 aliphatic heterocycles. The lowest BCUT2D eigenvalue weighted by atomic mass is 10.2. The van der Waals surface area contributed by atoms with Gasteiger partial charge in [-0.1, -0.05) is 24.3 Å². The van der Waals surface area contributed by atoms with Crippen molar-refractivity contribution in [2.75, 3.05) is 0 Å². The second-order valence-electron chi connectivity index (χ2n) is 5.90. The van der Waals surface area contributed by atoms with E-state index in [2.05, 4.69) is 5.32 Å². The van der Waals surface area contributed by atoms with Crippen molar-refractivity contribution in [3.8, 4) is 5.75 Å². The van der Waals surface area contributed by atoms with Crippen LogP contribution in [0.5, 0.6) is 5.75 Å². The highest BCUT2D eigenvalue weighted by Crippen LogP contribution is 2.32. The molecule has 120 valence electrons. The molecule has 1 saturated carbocycles. The maximum atomic E-state index is 13.1. The summed E-state index contributed by atoms with van der Waals surface area (Å²) < 4.78 is 18.7. The van der Waals surface area contributed by atoms with Crippen molar-refractivity contribution in [1.82, 2.24) is 5.32 Å². The SMILES string of the molecule is NC1(C(=O)NCc2ccc(OCc3cccc(F)c3)cc2)CC1. The Kier molecular flexibility index (Phi) is 4.30. The molecule has 0 aromatic heterocycles. The molecule has 3 rings (SSSR count). The fourth-order valence-corrected chi connectivity index (χ4v) is 2.22. The highest BCUT2D eigenvalue weighted by atomic mass is 19.1. The molecule has 2 aromatic rings. The molecular weight excluding hydrogens is 295 g/mol. The molecular formula is C18H19FN2O2. The molecule has 0 atom stereocenters. The summed E-state index contributed by atoms with van der Waals surface area (Å²) in [6.07, 6.45) is 1.51. The number of nitrogens with two attached hydrogens (primary N) is 1. The van der Waals surface area contributed by atoms with E-state index in [9.17, 15) is 9.18 Å². The number of nitrogens with one attached hydrogen (secondary N) is 1. The number of benzene rings is 2. The zero-order chi connectivity index (χ0) is 16.3. The first-order valence-electron chi connectivity index (χ1n) is 7.59. The van der Waals surface area contributed by atoms with Crippen LogP contribution in [0, 0.1) is 5.82 Å². The van der Waals surface area contributed by atoms with Crippen molar-refractivity contribution >= 4 is 5.91 Å². The molecule has 1 aliphatic carbocycles. The molecule has 1 amide bonds. The van der Waals surface area contributed by atoms with Crippen LogP contribution in [-0.4, -0.2) is 11.4 Å². The van der Waals surface area contributed by atoms with E-state index >= 15 is 0 Å². The molecule has 3 N–H and O–H groups in total. The van der Waals surface area contributed by atoms with E-state index in [0.29, 0.717) is 18.9 Å². The molecule has 0 unspecified atom stereocenters. The minimum atomic E-state index is -0.645. The van der Waals surface area contributed by atoms with E-state index in [4.69, 9.17) is 10.5 Å². The number of carbonyl (C=O) groups excluding carboxylic acids is 1. The quantitative estimate of drug-likeness (QED) is 0.861. The fraction of sp³-hybridized carbons (Fsp3) is 0.278. The van der Waals surface area contributed by atoms with Crippen LogP contribution >= 0.6 is 0 Å². The zero-order valence-corrected chi connectivity index (χ0v) is 12.7. The van der Waals surface area contributed by atoms with E-state index in [0.717, 1.165) is 24.0 Å². The molecule has 1 aliphatic rings. The van der Waals surface area contributed by atoms with Gasteiger partial charge in [-0.2, -0.15) is 0 Å².